The number of carbonyl (C=O) groups is 1. The van der Waals surface area contributed by atoms with Gasteiger partial charge in [0, 0.05) is 17.6 Å². The summed E-state index contributed by atoms with van der Waals surface area (Å²) in [5, 5.41) is 3.60. The zero-order valence-electron chi connectivity index (χ0n) is 12.1. The second-order valence-electron chi connectivity index (χ2n) is 5.87. The van der Waals surface area contributed by atoms with E-state index >= 15 is 0 Å². The highest BCUT2D eigenvalue weighted by atomic mass is 35.5. The number of benzene rings is 1. The van der Waals surface area contributed by atoms with Crippen molar-refractivity contribution in [3.8, 4) is 5.75 Å². The summed E-state index contributed by atoms with van der Waals surface area (Å²) in [6.45, 7) is 3.24. The van der Waals surface area contributed by atoms with Crippen LogP contribution in [0.2, 0.25) is 5.02 Å². The monoisotopic (exact) mass is 308 g/mol. The van der Waals surface area contributed by atoms with Crippen molar-refractivity contribution in [3.63, 3.8) is 0 Å². The van der Waals surface area contributed by atoms with Gasteiger partial charge in [0.1, 0.15) is 5.75 Å². The number of hydrogen-bond acceptors (Lipinski definition) is 3. The second kappa shape index (κ2) is 6.67. The molecule has 3 rings (SSSR count). The largest absolute Gasteiger partial charge is 0.484 e. The summed E-state index contributed by atoms with van der Waals surface area (Å²) in [6, 6.07) is 6.06. The Morgan fingerprint density at radius 3 is 2.76 bits per heavy atom. The summed E-state index contributed by atoms with van der Waals surface area (Å²) < 4.78 is 5.49. The molecule has 0 aromatic heterocycles. The van der Waals surface area contributed by atoms with Gasteiger partial charge in [0.15, 0.2) is 6.61 Å². The average molecular weight is 309 g/mol. The van der Waals surface area contributed by atoms with E-state index in [1.807, 2.05) is 12.1 Å². The van der Waals surface area contributed by atoms with Crippen LogP contribution in [0.15, 0.2) is 18.2 Å². The predicted molar refractivity (Wildman–Crippen MR) is 82.6 cm³/mol. The van der Waals surface area contributed by atoms with Crippen molar-refractivity contribution in [2.24, 2.45) is 0 Å². The van der Waals surface area contributed by atoms with Gasteiger partial charge in [-0.1, -0.05) is 17.7 Å². The molecule has 1 N–H and O–H groups in total. The summed E-state index contributed by atoms with van der Waals surface area (Å²) >= 11 is 6.31. The third kappa shape index (κ3) is 4.35. The molecular weight excluding hydrogens is 288 g/mol. The Kier molecular flexibility index (Phi) is 4.66. The van der Waals surface area contributed by atoms with Gasteiger partial charge in [0.2, 0.25) is 0 Å². The third-order valence-electron chi connectivity index (χ3n) is 3.93. The Morgan fingerprint density at radius 2 is 2.10 bits per heavy atom. The number of amides is 1. The van der Waals surface area contributed by atoms with Gasteiger partial charge < -0.3 is 10.1 Å². The van der Waals surface area contributed by atoms with Crippen LogP contribution in [-0.2, 0) is 11.3 Å². The lowest BCUT2D eigenvalue weighted by Crippen LogP contribution is -2.30. The molecule has 1 aliphatic carbocycles. The number of halogens is 1. The Labute approximate surface area is 130 Å². The zero-order valence-corrected chi connectivity index (χ0v) is 12.9. The van der Waals surface area contributed by atoms with E-state index in [9.17, 15) is 4.79 Å². The Bertz CT molecular complexity index is 511. The molecule has 2 fully saturated rings. The van der Waals surface area contributed by atoms with E-state index < -0.39 is 0 Å². The number of ether oxygens (including phenoxy) is 1. The first-order valence-electron chi connectivity index (χ1n) is 7.63. The quantitative estimate of drug-likeness (QED) is 0.878. The number of carbonyl (C=O) groups excluding carboxylic acids is 1. The van der Waals surface area contributed by atoms with E-state index in [2.05, 4.69) is 10.2 Å². The van der Waals surface area contributed by atoms with Crippen LogP contribution in [0.4, 0.5) is 0 Å². The van der Waals surface area contributed by atoms with Gasteiger partial charge in [0.05, 0.1) is 0 Å². The van der Waals surface area contributed by atoms with Crippen LogP contribution < -0.4 is 10.1 Å². The summed E-state index contributed by atoms with van der Waals surface area (Å²) in [5.74, 6) is 0.589. The van der Waals surface area contributed by atoms with Gasteiger partial charge in [-0.3, -0.25) is 9.69 Å². The predicted octanol–water partition coefficient (Wildman–Crippen LogP) is 2.59. The summed E-state index contributed by atoms with van der Waals surface area (Å²) in [5.41, 5.74) is 1.12. The summed E-state index contributed by atoms with van der Waals surface area (Å²) in [6.07, 6.45) is 4.72. The van der Waals surface area contributed by atoms with E-state index in [4.69, 9.17) is 16.3 Å². The van der Waals surface area contributed by atoms with Crippen LogP contribution >= 0.6 is 11.6 Å². The standard InChI is InChI=1S/C16H21ClN2O2/c17-15-9-14(21-11-16(20)18-13-4-5-13)6-3-12(15)10-19-7-1-2-8-19/h3,6,9,13H,1-2,4-5,7-8,10-11H2,(H,18,20). The Morgan fingerprint density at radius 1 is 1.33 bits per heavy atom. The molecule has 5 heteroatoms. The lowest BCUT2D eigenvalue weighted by Gasteiger charge is -2.16. The van der Waals surface area contributed by atoms with Crippen LogP contribution in [-0.4, -0.2) is 36.5 Å². The first-order chi connectivity index (χ1) is 10.2. The molecule has 1 amide bonds. The Hall–Kier alpha value is -1.26. The van der Waals surface area contributed by atoms with Crippen molar-refractivity contribution in [2.45, 2.75) is 38.3 Å². The molecule has 0 spiro atoms. The van der Waals surface area contributed by atoms with Crippen molar-refractivity contribution in [3.05, 3.63) is 28.8 Å². The van der Waals surface area contributed by atoms with Crippen LogP contribution in [0, 0.1) is 0 Å². The normalized spacial score (nSPS) is 18.7. The van der Waals surface area contributed by atoms with Crippen molar-refractivity contribution in [1.82, 2.24) is 10.2 Å². The molecule has 21 heavy (non-hydrogen) atoms. The van der Waals surface area contributed by atoms with Gasteiger partial charge >= 0.3 is 0 Å². The molecule has 1 aliphatic heterocycles. The SMILES string of the molecule is O=C(COc1ccc(CN2CCCC2)c(Cl)c1)NC1CC1. The van der Waals surface area contributed by atoms with Crippen LogP contribution in [0.25, 0.3) is 0 Å². The fraction of sp³-hybridized carbons (Fsp3) is 0.562. The lowest BCUT2D eigenvalue weighted by molar-refractivity contribution is -0.123. The van der Waals surface area contributed by atoms with Gasteiger partial charge in [0.25, 0.3) is 5.91 Å². The number of likely N-dealkylation sites (tertiary alicyclic amines) is 1. The van der Waals surface area contributed by atoms with Crippen molar-refractivity contribution in [2.75, 3.05) is 19.7 Å². The molecular formula is C16H21ClN2O2. The van der Waals surface area contributed by atoms with Gasteiger partial charge in [-0.05, 0) is 56.5 Å². The molecule has 0 radical (unpaired) electrons. The smallest absolute Gasteiger partial charge is 0.258 e. The van der Waals surface area contributed by atoms with Crippen LogP contribution in [0.5, 0.6) is 5.75 Å². The van der Waals surface area contributed by atoms with E-state index in [-0.39, 0.29) is 12.5 Å². The van der Waals surface area contributed by atoms with Crippen molar-refractivity contribution >= 4 is 17.5 Å². The maximum Gasteiger partial charge on any atom is 0.258 e. The molecule has 1 aromatic carbocycles. The maximum absolute atomic E-state index is 11.6. The second-order valence-corrected chi connectivity index (χ2v) is 6.27. The van der Waals surface area contributed by atoms with Gasteiger partial charge in [-0.25, -0.2) is 0 Å². The van der Waals surface area contributed by atoms with E-state index in [0.29, 0.717) is 16.8 Å². The van der Waals surface area contributed by atoms with E-state index in [0.717, 1.165) is 38.0 Å². The molecule has 1 saturated heterocycles. The number of nitrogens with one attached hydrogen (secondary N) is 1. The van der Waals surface area contributed by atoms with E-state index in [1.165, 1.54) is 12.8 Å². The van der Waals surface area contributed by atoms with Crippen molar-refractivity contribution in [1.29, 1.82) is 0 Å². The number of rotatable bonds is 6. The minimum atomic E-state index is -0.0604. The average Bonchev–Trinajstić information content (AvgIpc) is 3.12. The third-order valence-corrected chi connectivity index (χ3v) is 4.28. The maximum atomic E-state index is 11.6. The number of hydrogen-bond donors (Lipinski definition) is 1. The molecule has 114 valence electrons. The summed E-state index contributed by atoms with van der Waals surface area (Å²) in [4.78, 5) is 14.0. The molecule has 4 nitrogen and oxygen atoms in total. The molecule has 1 heterocycles. The molecule has 1 saturated carbocycles. The fourth-order valence-corrected chi connectivity index (χ4v) is 2.80. The topological polar surface area (TPSA) is 41.6 Å². The lowest BCUT2D eigenvalue weighted by atomic mass is 10.2. The van der Waals surface area contributed by atoms with Gasteiger partial charge in [-0.15, -0.1) is 0 Å². The highest BCUT2D eigenvalue weighted by Gasteiger charge is 2.23. The first-order valence-corrected chi connectivity index (χ1v) is 8.01. The minimum absolute atomic E-state index is 0.0539. The van der Waals surface area contributed by atoms with Crippen LogP contribution in [0.1, 0.15) is 31.2 Å². The highest BCUT2D eigenvalue weighted by molar-refractivity contribution is 6.31. The molecule has 2 aliphatic rings. The summed E-state index contributed by atoms with van der Waals surface area (Å²) in [7, 11) is 0. The van der Waals surface area contributed by atoms with Gasteiger partial charge in [-0.2, -0.15) is 0 Å². The zero-order chi connectivity index (χ0) is 14.7. The molecule has 0 bridgehead atoms. The van der Waals surface area contributed by atoms with Crippen molar-refractivity contribution < 1.29 is 9.53 Å². The van der Waals surface area contributed by atoms with Crippen LogP contribution in [0.3, 0.4) is 0 Å². The fourth-order valence-electron chi connectivity index (χ4n) is 2.57. The molecule has 0 atom stereocenters. The Balaban J connectivity index is 1.51. The minimum Gasteiger partial charge on any atom is -0.484 e. The molecule has 0 unspecified atom stereocenters. The number of nitrogens with zero attached hydrogens (tertiary/aromatic N) is 1. The first kappa shape index (κ1) is 14.7. The van der Waals surface area contributed by atoms with E-state index in [1.54, 1.807) is 6.07 Å². The highest BCUT2D eigenvalue weighted by Crippen LogP contribution is 2.25. The molecule has 1 aromatic rings.